The quantitative estimate of drug-likeness (QED) is 0.666. The molecule has 3 aromatic rings. The van der Waals surface area contributed by atoms with Gasteiger partial charge in [0.15, 0.2) is 0 Å². The Bertz CT molecular complexity index is 962. The van der Waals surface area contributed by atoms with Crippen LogP contribution in [-0.4, -0.2) is 34.9 Å². The third kappa shape index (κ3) is 4.58. The number of hydrogen-bond donors (Lipinski definition) is 1. The van der Waals surface area contributed by atoms with Crippen LogP contribution in [0, 0.1) is 6.92 Å². The van der Waals surface area contributed by atoms with Crippen LogP contribution in [-0.2, 0) is 6.54 Å². The fraction of sp³-hybridized carbons (Fsp3) is 0.190. The normalized spacial score (nSPS) is 10.4. The van der Waals surface area contributed by atoms with Crippen LogP contribution in [0.4, 0.5) is 11.6 Å². The molecule has 0 bridgehead atoms. The van der Waals surface area contributed by atoms with E-state index in [2.05, 4.69) is 15.3 Å². The van der Waals surface area contributed by atoms with Gasteiger partial charge in [-0.05, 0) is 24.1 Å². The molecular formula is C21H21ClN4O2. The van der Waals surface area contributed by atoms with Crippen LogP contribution in [0.1, 0.15) is 21.5 Å². The molecule has 0 saturated heterocycles. The Balaban J connectivity index is 1.71. The molecule has 1 amide bonds. The van der Waals surface area contributed by atoms with Crippen molar-refractivity contribution in [3.63, 3.8) is 0 Å². The summed E-state index contributed by atoms with van der Waals surface area (Å²) in [7, 11) is 3.32. The van der Waals surface area contributed by atoms with Gasteiger partial charge >= 0.3 is 0 Å². The standard InChI is InChI=1S/C21H21ClN4O2/c1-14-9-18(19(28-3)10-17(14)22)25-21-23-11-16(12-24-21)20(27)26(2)13-15-7-5-4-6-8-15/h4-12H,13H2,1-3H3,(H,23,24,25). The number of nitrogens with zero attached hydrogens (tertiary/aromatic N) is 3. The molecule has 1 aromatic heterocycles. The number of hydrogen-bond acceptors (Lipinski definition) is 5. The van der Waals surface area contributed by atoms with Crippen molar-refractivity contribution >= 4 is 29.1 Å². The first-order chi connectivity index (χ1) is 13.5. The lowest BCUT2D eigenvalue weighted by molar-refractivity contribution is 0.0784. The van der Waals surface area contributed by atoms with E-state index in [1.54, 1.807) is 25.1 Å². The number of nitrogens with one attached hydrogen (secondary N) is 1. The van der Waals surface area contributed by atoms with E-state index in [1.807, 2.05) is 43.3 Å². The number of aryl methyl sites for hydroxylation is 1. The van der Waals surface area contributed by atoms with Crippen LogP contribution < -0.4 is 10.1 Å². The van der Waals surface area contributed by atoms with Gasteiger partial charge in [0.2, 0.25) is 5.95 Å². The average Bonchev–Trinajstić information content (AvgIpc) is 2.71. The molecule has 0 fully saturated rings. The third-order valence-corrected chi connectivity index (χ3v) is 4.64. The number of benzene rings is 2. The largest absolute Gasteiger partial charge is 0.495 e. The summed E-state index contributed by atoms with van der Waals surface area (Å²) in [5.41, 5.74) is 3.08. The topological polar surface area (TPSA) is 67.3 Å². The van der Waals surface area contributed by atoms with Crippen molar-refractivity contribution in [3.8, 4) is 5.75 Å². The van der Waals surface area contributed by atoms with E-state index in [0.717, 1.165) is 11.1 Å². The number of ether oxygens (including phenoxy) is 1. The summed E-state index contributed by atoms with van der Waals surface area (Å²) in [4.78, 5) is 22.7. The highest BCUT2D eigenvalue weighted by atomic mass is 35.5. The number of halogens is 1. The van der Waals surface area contributed by atoms with Crippen LogP contribution in [0.5, 0.6) is 5.75 Å². The van der Waals surface area contributed by atoms with Crippen molar-refractivity contribution in [1.82, 2.24) is 14.9 Å². The Morgan fingerprint density at radius 1 is 1.18 bits per heavy atom. The van der Waals surface area contributed by atoms with E-state index in [9.17, 15) is 4.79 Å². The van der Waals surface area contributed by atoms with Gasteiger partial charge in [-0.2, -0.15) is 0 Å². The molecule has 0 aliphatic rings. The molecule has 3 rings (SSSR count). The van der Waals surface area contributed by atoms with Gasteiger partial charge in [0, 0.05) is 37.1 Å². The van der Waals surface area contributed by atoms with E-state index in [0.29, 0.717) is 34.5 Å². The van der Waals surface area contributed by atoms with Crippen molar-refractivity contribution in [1.29, 1.82) is 0 Å². The molecule has 0 radical (unpaired) electrons. The lowest BCUT2D eigenvalue weighted by atomic mass is 10.2. The van der Waals surface area contributed by atoms with Crippen LogP contribution in [0.15, 0.2) is 54.9 Å². The van der Waals surface area contributed by atoms with Crippen molar-refractivity contribution < 1.29 is 9.53 Å². The number of anilines is 2. The summed E-state index contributed by atoms with van der Waals surface area (Å²) in [5.74, 6) is 0.805. The fourth-order valence-electron chi connectivity index (χ4n) is 2.70. The zero-order chi connectivity index (χ0) is 20.1. The first-order valence-electron chi connectivity index (χ1n) is 8.70. The first-order valence-corrected chi connectivity index (χ1v) is 9.08. The van der Waals surface area contributed by atoms with Gasteiger partial charge in [-0.25, -0.2) is 9.97 Å². The second-order valence-corrected chi connectivity index (χ2v) is 6.78. The average molecular weight is 397 g/mol. The summed E-state index contributed by atoms with van der Waals surface area (Å²) in [6.45, 7) is 2.42. The molecule has 0 atom stereocenters. The molecule has 6 nitrogen and oxygen atoms in total. The van der Waals surface area contributed by atoms with E-state index in [1.165, 1.54) is 12.4 Å². The number of rotatable bonds is 6. The highest BCUT2D eigenvalue weighted by molar-refractivity contribution is 6.31. The first kappa shape index (κ1) is 19.6. The molecule has 0 spiro atoms. The molecule has 7 heteroatoms. The lowest BCUT2D eigenvalue weighted by Gasteiger charge is -2.17. The Morgan fingerprint density at radius 2 is 1.86 bits per heavy atom. The van der Waals surface area contributed by atoms with Gasteiger partial charge in [0.25, 0.3) is 5.91 Å². The Hall–Kier alpha value is -3.12. The minimum absolute atomic E-state index is 0.143. The maximum absolute atomic E-state index is 12.6. The molecule has 0 unspecified atom stereocenters. The SMILES string of the molecule is COc1cc(Cl)c(C)cc1Nc1ncc(C(=O)N(C)Cc2ccccc2)cn1. The zero-order valence-corrected chi connectivity index (χ0v) is 16.7. The summed E-state index contributed by atoms with van der Waals surface area (Å²) < 4.78 is 5.34. The van der Waals surface area contributed by atoms with Gasteiger partial charge in [0.05, 0.1) is 18.4 Å². The molecule has 0 aliphatic heterocycles. The molecular weight excluding hydrogens is 376 g/mol. The monoisotopic (exact) mass is 396 g/mol. The molecule has 1 N–H and O–H groups in total. The molecule has 0 aliphatic carbocycles. The number of carbonyl (C=O) groups excluding carboxylic acids is 1. The van der Waals surface area contributed by atoms with Crippen molar-refractivity contribution in [2.24, 2.45) is 0 Å². The maximum Gasteiger partial charge on any atom is 0.257 e. The molecule has 0 saturated carbocycles. The molecule has 28 heavy (non-hydrogen) atoms. The predicted octanol–water partition coefficient (Wildman–Crippen LogP) is 4.46. The fourth-order valence-corrected chi connectivity index (χ4v) is 2.86. The second kappa shape index (κ2) is 8.71. The Kier molecular flexibility index (Phi) is 6.11. The predicted molar refractivity (Wildman–Crippen MR) is 110 cm³/mol. The van der Waals surface area contributed by atoms with Gasteiger partial charge in [0.1, 0.15) is 5.75 Å². The highest BCUT2D eigenvalue weighted by Crippen LogP contribution is 2.32. The molecule has 2 aromatic carbocycles. The number of aromatic nitrogens is 2. The summed E-state index contributed by atoms with van der Waals surface area (Å²) in [6, 6.07) is 13.4. The van der Waals surface area contributed by atoms with Gasteiger partial charge in [-0.1, -0.05) is 41.9 Å². The number of carbonyl (C=O) groups is 1. The molecule has 144 valence electrons. The zero-order valence-electron chi connectivity index (χ0n) is 15.9. The van der Waals surface area contributed by atoms with Gasteiger partial charge in [-0.3, -0.25) is 4.79 Å². The Labute approximate surface area is 169 Å². The highest BCUT2D eigenvalue weighted by Gasteiger charge is 2.14. The number of methoxy groups -OCH3 is 1. The van der Waals surface area contributed by atoms with Crippen LogP contribution in [0.2, 0.25) is 5.02 Å². The van der Waals surface area contributed by atoms with Gasteiger partial charge in [-0.15, -0.1) is 0 Å². The minimum atomic E-state index is -0.143. The van der Waals surface area contributed by atoms with Gasteiger partial charge < -0.3 is 15.0 Å². The Morgan fingerprint density at radius 3 is 2.50 bits per heavy atom. The van der Waals surface area contributed by atoms with Crippen LogP contribution in [0.25, 0.3) is 0 Å². The lowest BCUT2D eigenvalue weighted by Crippen LogP contribution is -2.26. The third-order valence-electron chi connectivity index (χ3n) is 4.24. The second-order valence-electron chi connectivity index (χ2n) is 6.37. The molecule has 1 heterocycles. The summed E-state index contributed by atoms with van der Waals surface area (Å²) in [5, 5.41) is 3.71. The smallest absolute Gasteiger partial charge is 0.257 e. The van der Waals surface area contributed by atoms with Crippen molar-refractivity contribution in [2.45, 2.75) is 13.5 Å². The van der Waals surface area contributed by atoms with E-state index >= 15 is 0 Å². The summed E-state index contributed by atoms with van der Waals surface area (Å²) in [6.07, 6.45) is 3.02. The van der Waals surface area contributed by atoms with E-state index in [-0.39, 0.29) is 5.91 Å². The van der Waals surface area contributed by atoms with E-state index < -0.39 is 0 Å². The van der Waals surface area contributed by atoms with Crippen molar-refractivity contribution in [2.75, 3.05) is 19.5 Å². The van der Waals surface area contributed by atoms with E-state index in [4.69, 9.17) is 16.3 Å². The van der Waals surface area contributed by atoms with Crippen LogP contribution >= 0.6 is 11.6 Å². The number of amides is 1. The minimum Gasteiger partial charge on any atom is -0.495 e. The van der Waals surface area contributed by atoms with Crippen LogP contribution in [0.3, 0.4) is 0 Å². The summed E-state index contributed by atoms with van der Waals surface area (Å²) >= 11 is 6.13. The van der Waals surface area contributed by atoms with Crippen molar-refractivity contribution in [3.05, 3.63) is 76.6 Å². The maximum atomic E-state index is 12.6.